The van der Waals surface area contributed by atoms with Crippen LogP contribution in [-0.2, 0) is 14.3 Å². The van der Waals surface area contributed by atoms with Crippen LogP contribution >= 0.6 is 11.6 Å². The maximum absolute atomic E-state index is 13.6. The predicted octanol–water partition coefficient (Wildman–Crippen LogP) is 3.70. The summed E-state index contributed by atoms with van der Waals surface area (Å²) in [5.41, 5.74) is 8.81. The molecule has 8 nitrogen and oxygen atoms in total. The Morgan fingerprint density at radius 1 is 1.33 bits per heavy atom. The van der Waals surface area contributed by atoms with Crippen molar-refractivity contribution >= 4 is 34.8 Å². The highest BCUT2D eigenvalue weighted by Crippen LogP contribution is 2.34. The van der Waals surface area contributed by atoms with Gasteiger partial charge in [-0.1, -0.05) is 42.5 Å². The molecule has 2 aromatic rings. The van der Waals surface area contributed by atoms with Crippen molar-refractivity contribution < 1.29 is 14.3 Å². The second-order valence-electron chi connectivity index (χ2n) is 8.51. The smallest absolute Gasteiger partial charge is 0.260 e. The second kappa shape index (κ2) is 11.3. The number of carbonyl (C=O) groups is 2. The number of amidine groups is 1. The molecule has 0 radical (unpaired) electrons. The molecule has 9 heteroatoms. The van der Waals surface area contributed by atoms with Gasteiger partial charge < -0.3 is 15.8 Å². The summed E-state index contributed by atoms with van der Waals surface area (Å²) in [7, 11) is 0. The molecular formula is C27H28ClN5O3. The van der Waals surface area contributed by atoms with Crippen LogP contribution in [0.3, 0.4) is 0 Å². The monoisotopic (exact) mass is 505 g/mol. The topological polar surface area (TPSA) is 110 Å². The Kier molecular flexibility index (Phi) is 7.97. The lowest BCUT2D eigenvalue weighted by atomic mass is 9.94. The van der Waals surface area contributed by atoms with E-state index in [9.17, 15) is 9.59 Å². The van der Waals surface area contributed by atoms with E-state index in [1.807, 2.05) is 31.2 Å². The van der Waals surface area contributed by atoms with Gasteiger partial charge in [-0.2, -0.15) is 0 Å². The average Bonchev–Trinajstić information content (AvgIpc) is 2.87. The van der Waals surface area contributed by atoms with E-state index in [2.05, 4.69) is 21.9 Å². The molecular weight excluding hydrogens is 478 g/mol. The fraction of sp³-hybridized carbons (Fsp3) is 0.259. The van der Waals surface area contributed by atoms with Gasteiger partial charge in [-0.3, -0.25) is 19.5 Å². The van der Waals surface area contributed by atoms with Gasteiger partial charge in [0.15, 0.2) is 0 Å². The fourth-order valence-electron chi connectivity index (χ4n) is 4.20. The van der Waals surface area contributed by atoms with Gasteiger partial charge in [0, 0.05) is 58.9 Å². The van der Waals surface area contributed by atoms with Crippen molar-refractivity contribution in [1.29, 1.82) is 0 Å². The normalized spacial score (nSPS) is 18.9. The number of aromatic nitrogens is 1. The van der Waals surface area contributed by atoms with Crippen molar-refractivity contribution in [3.63, 3.8) is 0 Å². The third-order valence-corrected chi connectivity index (χ3v) is 6.31. The number of allylic oxidation sites excluding steroid dienone is 1. The van der Waals surface area contributed by atoms with E-state index in [0.29, 0.717) is 46.6 Å². The summed E-state index contributed by atoms with van der Waals surface area (Å²) in [6.45, 7) is 6.85. The number of carbonyl (C=O) groups excluding carboxylic acids is 2. The van der Waals surface area contributed by atoms with Crippen LogP contribution in [0.1, 0.15) is 25.3 Å². The molecule has 2 aliphatic heterocycles. The van der Waals surface area contributed by atoms with E-state index < -0.39 is 11.8 Å². The Labute approximate surface area is 215 Å². The molecule has 2 aliphatic rings. The van der Waals surface area contributed by atoms with Gasteiger partial charge in [0.1, 0.15) is 18.2 Å². The molecule has 1 fully saturated rings. The first-order valence-electron chi connectivity index (χ1n) is 11.7. The van der Waals surface area contributed by atoms with Crippen LogP contribution in [0.5, 0.6) is 0 Å². The number of amides is 2. The number of benzene rings is 1. The Morgan fingerprint density at radius 2 is 2.11 bits per heavy atom. The highest BCUT2D eigenvalue weighted by molar-refractivity contribution is 6.38. The number of halogens is 1. The van der Waals surface area contributed by atoms with Crippen LogP contribution in [0, 0.1) is 0 Å². The molecule has 0 unspecified atom stereocenters. The zero-order chi connectivity index (χ0) is 25.7. The van der Waals surface area contributed by atoms with E-state index in [1.54, 1.807) is 30.6 Å². The Balaban J connectivity index is 1.69. The largest absolute Gasteiger partial charge is 0.381 e. The highest BCUT2D eigenvalue weighted by atomic mass is 35.5. The van der Waals surface area contributed by atoms with Gasteiger partial charge in [0.2, 0.25) is 5.91 Å². The van der Waals surface area contributed by atoms with Crippen LogP contribution < -0.4 is 11.1 Å². The molecule has 36 heavy (non-hydrogen) atoms. The highest BCUT2D eigenvalue weighted by Gasteiger charge is 2.33. The third-order valence-electron chi connectivity index (χ3n) is 6.00. The molecule has 1 aromatic heterocycles. The minimum atomic E-state index is -0.659. The molecule has 4 rings (SSSR count). The molecule has 0 bridgehead atoms. The first-order valence-corrected chi connectivity index (χ1v) is 12.1. The van der Waals surface area contributed by atoms with Gasteiger partial charge in [0.05, 0.1) is 0 Å². The summed E-state index contributed by atoms with van der Waals surface area (Å²) >= 11 is 6.64. The van der Waals surface area contributed by atoms with Crippen molar-refractivity contribution in [3.05, 3.63) is 83.4 Å². The summed E-state index contributed by atoms with van der Waals surface area (Å²) in [6.07, 6.45) is 8.66. The summed E-state index contributed by atoms with van der Waals surface area (Å²) in [4.78, 5) is 35.5. The standard InChI is InChI=1S/C27H28ClN5O3/c1-3-18-13-23(22-7-6-19(14-24(22)28)20-5-4-10-30-15-20)27(35)33(16-25(29)34)26(18)32-17(2)31-21-8-11-36-12-9-21/h3-7,10,13-15,21,31H,2,8-9,11-12,16H2,1H3,(H2,29,34)/b18-3-,32-26+. The first kappa shape index (κ1) is 25.3. The number of hydrogen-bond donors (Lipinski definition) is 2. The summed E-state index contributed by atoms with van der Waals surface area (Å²) in [5.74, 6) is -0.381. The third kappa shape index (κ3) is 5.72. The number of pyridine rings is 1. The lowest BCUT2D eigenvalue weighted by molar-refractivity contribution is -0.127. The molecule has 186 valence electrons. The van der Waals surface area contributed by atoms with E-state index in [0.717, 1.165) is 24.0 Å². The van der Waals surface area contributed by atoms with Crippen LogP contribution in [0.25, 0.3) is 16.7 Å². The fourth-order valence-corrected chi connectivity index (χ4v) is 4.48. The molecule has 1 aromatic carbocycles. The number of rotatable bonds is 7. The summed E-state index contributed by atoms with van der Waals surface area (Å²) in [6, 6.07) is 9.41. The van der Waals surface area contributed by atoms with E-state index in [4.69, 9.17) is 22.1 Å². The molecule has 0 aliphatic carbocycles. The number of primary amides is 1. The first-order chi connectivity index (χ1) is 17.4. The molecule has 3 N–H and O–H groups in total. The van der Waals surface area contributed by atoms with Crippen LogP contribution in [0.4, 0.5) is 0 Å². The minimum Gasteiger partial charge on any atom is -0.381 e. The number of hydrogen-bond acceptors (Lipinski definition) is 6. The quantitative estimate of drug-likeness (QED) is 0.596. The molecule has 0 saturated carbocycles. The van der Waals surface area contributed by atoms with Crippen molar-refractivity contribution in [3.8, 4) is 11.1 Å². The van der Waals surface area contributed by atoms with Gasteiger partial charge in [-0.05, 0) is 43.5 Å². The van der Waals surface area contributed by atoms with E-state index in [-0.39, 0.29) is 12.6 Å². The lowest BCUT2D eigenvalue weighted by Gasteiger charge is -2.30. The number of nitrogens with two attached hydrogens (primary N) is 1. The minimum absolute atomic E-state index is 0.178. The zero-order valence-corrected chi connectivity index (χ0v) is 20.8. The van der Waals surface area contributed by atoms with Crippen LogP contribution in [0.15, 0.2) is 77.8 Å². The summed E-state index contributed by atoms with van der Waals surface area (Å²) < 4.78 is 5.40. The maximum Gasteiger partial charge on any atom is 0.260 e. The van der Waals surface area contributed by atoms with Crippen molar-refractivity contribution in [2.75, 3.05) is 19.8 Å². The Hall–Kier alpha value is -3.75. The van der Waals surface area contributed by atoms with Crippen LogP contribution in [-0.4, -0.2) is 53.3 Å². The maximum atomic E-state index is 13.6. The van der Waals surface area contributed by atoms with Crippen molar-refractivity contribution in [2.24, 2.45) is 10.7 Å². The van der Waals surface area contributed by atoms with E-state index in [1.165, 1.54) is 4.90 Å². The number of nitrogens with zero attached hydrogens (tertiary/aromatic N) is 3. The average molecular weight is 506 g/mol. The number of aliphatic imine (C=N–C) groups is 1. The summed E-state index contributed by atoms with van der Waals surface area (Å²) in [5, 5.41) is 3.68. The van der Waals surface area contributed by atoms with Crippen molar-refractivity contribution in [2.45, 2.75) is 25.8 Å². The predicted molar refractivity (Wildman–Crippen MR) is 141 cm³/mol. The zero-order valence-electron chi connectivity index (χ0n) is 20.0. The Bertz CT molecular complexity index is 1260. The molecule has 0 spiro atoms. The van der Waals surface area contributed by atoms with E-state index >= 15 is 0 Å². The van der Waals surface area contributed by atoms with Gasteiger partial charge in [0.25, 0.3) is 5.91 Å². The number of ether oxygens (including phenoxy) is 1. The van der Waals surface area contributed by atoms with Gasteiger partial charge >= 0.3 is 0 Å². The second-order valence-corrected chi connectivity index (χ2v) is 8.92. The Morgan fingerprint density at radius 3 is 2.75 bits per heavy atom. The molecule has 2 amide bonds. The number of nitrogens with one attached hydrogen (secondary N) is 1. The molecule has 1 saturated heterocycles. The molecule has 3 heterocycles. The van der Waals surface area contributed by atoms with Gasteiger partial charge in [-0.15, -0.1) is 0 Å². The SMILES string of the molecule is C=C(/N=C1\C(=C/C)C=C(c2ccc(-c3cccnc3)cc2Cl)C(=O)N1CC(N)=O)NC1CCOCC1. The lowest BCUT2D eigenvalue weighted by Crippen LogP contribution is -2.46. The van der Waals surface area contributed by atoms with Gasteiger partial charge in [-0.25, -0.2) is 4.99 Å². The van der Waals surface area contributed by atoms with Crippen molar-refractivity contribution in [1.82, 2.24) is 15.2 Å². The molecule has 0 atom stereocenters. The van der Waals surface area contributed by atoms with Crippen LogP contribution in [0.2, 0.25) is 5.02 Å².